The third kappa shape index (κ3) is 2.40. The van der Waals surface area contributed by atoms with E-state index in [2.05, 4.69) is 26.1 Å². The monoisotopic (exact) mass is 224 g/mol. The molecular weight excluding hydrogens is 200 g/mol. The van der Waals surface area contributed by atoms with Gasteiger partial charge in [-0.15, -0.1) is 0 Å². The SMILES string of the molecule is CC1CCC(NC2CCN(C(C)C)C2=O)C1. The van der Waals surface area contributed by atoms with Crippen molar-refractivity contribution in [2.24, 2.45) is 5.92 Å². The Morgan fingerprint density at radius 1 is 1.31 bits per heavy atom. The average molecular weight is 224 g/mol. The fourth-order valence-electron chi connectivity index (χ4n) is 3.01. The molecule has 0 aromatic rings. The third-order valence-electron chi connectivity index (χ3n) is 3.99. The van der Waals surface area contributed by atoms with E-state index in [1.807, 2.05) is 4.90 Å². The Labute approximate surface area is 98.6 Å². The summed E-state index contributed by atoms with van der Waals surface area (Å²) in [7, 11) is 0. The van der Waals surface area contributed by atoms with Gasteiger partial charge in [0.15, 0.2) is 0 Å². The van der Waals surface area contributed by atoms with Crippen LogP contribution >= 0.6 is 0 Å². The largest absolute Gasteiger partial charge is 0.339 e. The van der Waals surface area contributed by atoms with Crippen LogP contribution < -0.4 is 5.32 Å². The number of rotatable bonds is 3. The molecule has 92 valence electrons. The number of amides is 1. The maximum Gasteiger partial charge on any atom is 0.240 e. The van der Waals surface area contributed by atoms with Crippen LogP contribution in [0.5, 0.6) is 0 Å². The van der Waals surface area contributed by atoms with Crippen molar-refractivity contribution < 1.29 is 4.79 Å². The van der Waals surface area contributed by atoms with Gasteiger partial charge in [0.1, 0.15) is 0 Å². The van der Waals surface area contributed by atoms with Gasteiger partial charge in [0.05, 0.1) is 6.04 Å². The molecule has 2 aliphatic rings. The first-order valence-electron chi connectivity index (χ1n) is 6.64. The molecule has 16 heavy (non-hydrogen) atoms. The van der Waals surface area contributed by atoms with Crippen molar-refractivity contribution in [2.45, 2.75) is 64.6 Å². The molecular formula is C13H24N2O. The molecule has 0 spiro atoms. The third-order valence-corrected chi connectivity index (χ3v) is 3.99. The lowest BCUT2D eigenvalue weighted by atomic mass is 10.1. The molecule has 3 nitrogen and oxygen atoms in total. The Kier molecular flexibility index (Phi) is 3.53. The molecule has 0 aromatic carbocycles. The molecule has 3 atom stereocenters. The van der Waals surface area contributed by atoms with Crippen molar-refractivity contribution in [1.29, 1.82) is 0 Å². The topological polar surface area (TPSA) is 32.3 Å². The molecule has 0 aromatic heterocycles. The first kappa shape index (κ1) is 11.9. The summed E-state index contributed by atoms with van der Waals surface area (Å²) >= 11 is 0. The summed E-state index contributed by atoms with van der Waals surface area (Å²) in [4.78, 5) is 14.1. The first-order valence-corrected chi connectivity index (χ1v) is 6.64. The zero-order valence-corrected chi connectivity index (χ0v) is 10.7. The number of carbonyl (C=O) groups is 1. The minimum atomic E-state index is 0.0951. The molecule has 1 saturated carbocycles. The molecule has 0 bridgehead atoms. The van der Waals surface area contributed by atoms with Gasteiger partial charge >= 0.3 is 0 Å². The predicted octanol–water partition coefficient (Wildman–Crippen LogP) is 1.77. The zero-order chi connectivity index (χ0) is 11.7. The van der Waals surface area contributed by atoms with E-state index in [1.54, 1.807) is 0 Å². The maximum atomic E-state index is 12.1. The van der Waals surface area contributed by atoms with Gasteiger partial charge in [-0.3, -0.25) is 4.79 Å². The highest BCUT2D eigenvalue weighted by atomic mass is 16.2. The van der Waals surface area contributed by atoms with E-state index in [9.17, 15) is 4.79 Å². The lowest BCUT2D eigenvalue weighted by molar-refractivity contribution is -0.130. The lowest BCUT2D eigenvalue weighted by Gasteiger charge is -2.22. The van der Waals surface area contributed by atoms with Crippen LogP contribution in [0.1, 0.15) is 46.5 Å². The van der Waals surface area contributed by atoms with Crippen LogP contribution in [-0.2, 0) is 4.79 Å². The molecule has 2 rings (SSSR count). The second kappa shape index (κ2) is 4.74. The minimum absolute atomic E-state index is 0.0951. The molecule has 1 aliphatic heterocycles. The number of likely N-dealkylation sites (tertiary alicyclic amines) is 1. The number of carbonyl (C=O) groups excluding carboxylic acids is 1. The predicted molar refractivity (Wildman–Crippen MR) is 65.2 cm³/mol. The van der Waals surface area contributed by atoms with Crippen LogP contribution in [-0.4, -0.2) is 35.5 Å². The van der Waals surface area contributed by atoms with Gasteiger partial charge in [-0.2, -0.15) is 0 Å². The van der Waals surface area contributed by atoms with Crippen molar-refractivity contribution >= 4 is 5.91 Å². The molecule has 1 aliphatic carbocycles. The quantitative estimate of drug-likeness (QED) is 0.792. The smallest absolute Gasteiger partial charge is 0.240 e. The van der Waals surface area contributed by atoms with Gasteiger partial charge in [-0.1, -0.05) is 6.92 Å². The summed E-state index contributed by atoms with van der Waals surface area (Å²) < 4.78 is 0. The summed E-state index contributed by atoms with van der Waals surface area (Å²) in [6.07, 6.45) is 4.78. The van der Waals surface area contributed by atoms with Crippen LogP contribution in [0.15, 0.2) is 0 Å². The fourth-order valence-corrected chi connectivity index (χ4v) is 3.01. The number of nitrogens with zero attached hydrogens (tertiary/aromatic N) is 1. The van der Waals surface area contributed by atoms with Gasteiger partial charge < -0.3 is 10.2 Å². The van der Waals surface area contributed by atoms with Gasteiger partial charge in [-0.05, 0) is 45.4 Å². The number of nitrogens with one attached hydrogen (secondary N) is 1. The van der Waals surface area contributed by atoms with E-state index < -0.39 is 0 Å². The maximum absolute atomic E-state index is 12.1. The highest BCUT2D eigenvalue weighted by molar-refractivity contribution is 5.84. The van der Waals surface area contributed by atoms with Crippen molar-refractivity contribution in [2.75, 3.05) is 6.54 Å². The van der Waals surface area contributed by atoms with Crippen molar-refractivity contribution in [1.82, 2.24) is 10.2 Å². The van der Waals surface area contributed by atoms with Gasteiger partial charge in [-0.25, -0.2) is 0 Å². The van der Waals surface area contributed by atoms with Crippen LogP contribution in [0.4, 0.5) is 0 Å². The van der Waals surface area contributed by atoms with Crippen LogP contribution in [0.25, 0.3) is 0 Å². The van der Waals surface area contributed by atoms with E-state index in [1.165, 1.54) is 19.3 Å². The molecule has 0 radical (unpaired) electrons. The highest BCUT2D eigenvalue weighted by Gasteiger charge is 2.35. The van der Waals surface area contributed by atoms with E-state index in [4.69, 9.17) is 0 Å². The van der Waals surface area contributed by atoms with Gasteiger partial charge in [0.25, 0.3) is 0 Å². The van der Waals surface area contributed by atoms with Crippen LogP contribution in [0.3, 0.4) is 0 Å². The van der Waals surface area contributed by atoms with Crippen LogP contribution in [0.2, 0.25) is 0 Å². The standard InChI is InChI=1S/C13H24N2O/c1-9(2)15-7-6-12(13(15)16)14-11-5-4-10(3)8-11/h9-12,14H,4-8H2,1-3H3. The minimum Gasteiger partial charge on any atom is -0.339 e. The normalized spacial score (nSPS) is 35.4. The molecule has 1 saturated heterocycles. The molecule has 1 N–H and O–H groups in total. The molecule has 1 heterocycles. The Hall–Kier alpha value is -0.570. The molecule has 3 unspecified atom stereocenters. The number of hydrogen-bond acceptors (Lipinski definition) is 2. The van der Waals surface area contributed by atoms with E-state index in [-0.39, 0.29) is 6.04 Å². The second-order valence-electron chi connectivity index (χ2n) is 5.75. The van der Waals surface area contributed by atoms with Crippen molar-refractivity contribution in [3.8, 4) is 0 Å². The van der Waals surface area contributed by atoms with E-state index in [0.717, 1.165) is 18.9 Å². The lowest BCUT2D eigenvalue weighted by Crippen LogP contribution is -2.44. The first-order chi connectivity index (χ1) is 7.58. The molecule has 2 fully saturated rings. The second-order valence-corrected chi connectivity index (χ2v) is 5.75. The molecule has 3 heteroatoms. The zero-order valence-electron chi connectivity index (χ0n) is 10.7. The van der Waals surface area contributed by atoms with E-state index >= 15 is 0 Å². The summed E-state index contributed by atoms with van der Waals surface area (Å²) in [6, 6.07) is 1.02. The summed E-state index contributed by atoms with van der Waals surface area (Å²) in [5.74, 6) is 1.14. The Morgan fingerprint density at radius 2 is 2.06 bits per heavy atom. The van der Waals surface area contributed by atoms with Gasteiger partial charge in [0, 0.05) is 18.6 Å². The fraction of sp³-hybridized carbons (Fsp3) is 0.923. The summed E-state index contributed by atoms with van der Waals surface area (Å²) in [6.45, 7) is 7.42. The van der Waals surface area contributed by atoms with Gasteiger partial charge in [0.2, 0.25) is 5.91 Å². The van der Waals surface area contributed by atoms with Crippen molar-refractivity contribution in [3.63, 3.8) is 0 Å². The highest BCUT2D eigenvalue weighted by Crippen LogP contribution is 2.26. The Bertz CT molecular complexity index is 265. The average Bonchev–Trinajstić information content (AvgIpc) is 2.76. The van der Waals surface area contributed by atoms with Crippen molar-refractivity contribution in [3.05, 3.63) is 0 Å². The molecule has 1 amide bonds. The van der Waals surface area contributed by atoms with E-state index in [0.29, 0.717) is 18.0 Å². The Balaban J connectivity index is 1.85. The van der Waals surface area contributed by atoms with Crippen LogP contribution in [0, 0.1) is 5.92 Å². The summed E-state index contributed by atoms with van der Waals surface area (Å²) in [5.41, 5.74) is 0. The Morgan fingerprint density at radius 3 is 2.56 bits per heavy atom. The summed E-state index contributed by atoms with van der Waals surface area (Å²) in [5, 5.41) is 3.55. The number of hydrogen-bond donors (Lipinski definition) is 1.